The van der Waals surface area contributed by atoms with Crippen LogP contribution in [0.1, 0.15) is 54.4 Å². The van der Waals surface area contributed by atoms with Crippen molar-refractivity contribution in [3.05, 3.63) is 0 Å². The van der Waals surface area contributed by atoms with Gasteiger partial charge >= 0.3 is 0 Å². The van der Waals surface area contributed by atoms with E-state index in [2.05, 4.69) is 41.5 Å². The van der Waals surface area contributed by atoms with Crippen LogP contribution in [0.3, 0.4) is 0 Å². The molecule has 0 aliphatic heterocycles. The molecular weight excluding hydrogens is 184 g/mol. The SMILES string of the molecule is CC(C)(C)COCC[C@H]1C[C@H]1C(C)(C)C. The minimum atomic E-state index is 0.312. The maximum atomic E-state index is 5.71. The smallest absolute Gasteiger partial charge is 0.0514 e. The summed E-state index contributed by atoms with van der Waals surface area (Å²) in [6, 6.07) is 0. The Hall–Kier alpha value is -0.0400. The maximum Gasteiger partial charge on any atom is 0.0514 e. The Kier molecular flexibility index (Phi) is 3.86. The quantitative estimate of drug-likeness (QED) is 0.637. The molecule has 0 aromatic heterocycles. The van der Waals surface area contributed by atoms with Crippen LogP contribution in [0.4, 0.5) is 0 Å². The van der Waals surface area contributed by atoms with Gasteiger partial charge in [0.1, 0.15) is 0 Å². The molecule has 1 saturated carbocycles. The van der Waals surface area contributed by atoms with E-state index in [0.717, 1.165) is 25.0 Å². The van der Waals surface area contributed by atoms with Crippen LogP contribution in [0.15, 0.2) is 0 Å². The van der Waals surface area contributed by atoms with E-state index in [0.29, 0.717) is 10.8 Å². The van der Waals surface area contributed by atoms with Crippen molar-refractivity contribution in [3.63, 3.8) is 0 Å². The van der Waals surface area contributed by atoms with E-state index in [-0.39, 0.29) is 0 Å². The maximum absolute atomic E-state index is 5.71. The van der Waals surface area contributed by atoms with Crippen LogP contribution < -0.4 is 0 Å². The summed E-state index contributed by atoms with van der Waals surface area (Å²) in [5.41, 5.74) is 0.821. The van der Waals surface area contributed by atoms with Crippen molar-refractivity contribution < 1.29 is 4.74 Å². The van der Waals surface area contributed by atoms with Crippen LogP contribution in [-0.2, 0) is 4.74 Å². The van der Waals surface area contributed by atoms with Crippen molar-refractivity contribution in [2.24, 2.45) is 22.7 Å². The molecule has 0 amide bonds. The first-order chi connectivity index (χ1) is 6.70. The third kappa shape index (κ3) is 5.01. The summed E-state index contributed by atoms with van der Waals surface area (Å²) >= 11 is 0. The van der Waals surface area contributed by atoms with Gasteiger partial charge in [-0.2, -0.15) is 0 Å². The lowest BCUT2D eigenvalue weighted by molar-refractivity contribution is 0.0658. The van der Waals surface area contributed by atoms with Gasteiger partial charge in [0.25, 0.3) is 0 Å². The van der Waals surface area contributed by atoms with E-state index in [1.54, 1.807) is 0 Å². The van der Waals surface area contributed by atoms with Crippen molar-refractivity contribution in [1.82, 2.24) is 0 Å². The Morgan fingerprint density at radius 2 is 1.67 bits per heavy atom. The fourth-order valence-electron chi connectivity index (χ4n) is 2.24. The second kappa shape index (κ2) is 4.45. The third-order valence-corrected chi connectivity index (χ3v) is 3.20. The topological polar surface area (TPSA) is 9.23 Å². The summed E-state index contributed by atoms with van der Waals surface area (Å²) in [5.74, 6) is 1.88. The first kappa shape index (κ1) is 13.0. The summed E-state index contributed by atoms with van der Waals surface area (Å²) in [5, 5.41) is 0. The Bertz CT molecular complexity index is 194. The zero-order valence-electron chi connectivity index (χ0n) is 11.4. The molecule has 1 heteroatoms. The predicted octanol–water partition coefficient (Wildman–Crippen LogP) is 4.12. The fourth-order valence-corrected chi connectivity index (χ4v) is 2.24. The van der Waals surface area contributed by atoms with Crippen LogP contribution in [0, 0.1) is 22.7 Å². The number of rotatable bonds is 4. The van der Waals surface area contributed by atoms with Crippen LogP contribution >= 0.6 is 0 Å². The highest BCUT2D eigenvalue weighted by Crippen LogP contribution is 2.52. The van der Waals surface area contributed by atoms with Crippen LogP contribution in [0.2, 0.25) is 0 Å². The van der Waals surface area contributed by atoms with Gasteiger partial charge in [-0.3, -0.25) is 0 Å². The lowest BCUT2D eigenvalue weighted by atomic mass is 9.88. The Morgan fingerprint density at radius 3 is 2.07 bits per heavy atom. The zero-order valence-corrected chi connectivity index (χ0v) is 11.4. The second-order valence-corrected chi connectivity index (χ2v) is 7.37. The highest BCUT2D eigenvalue weighted by molar-refractivity contribution is 4.93. The molecule has 1 aliphatic carbocycles. The number of hydrogen-bond acceptors (Lipinski definition) is 1. The fraction of sp³-hybridized carbons (Fsp3) is 1.00. The van der Waals surface area contributed by atoms with Crippen LogP contribution in [0.25, 0.3) is 0 Å². The molecular formula is C14H28O. The first-order valence-corrected chi connectivity index (χ1v) is 6.28. The Morgan fingerprint density at radius 1 is 1.07 bits per heavy atom. The van der Waals surface area contributed by atoms with E-state index < -0.39 is 0 Å². The highest BCUT2D eigenvalue weighted by atomic mass is 16.5. The highest BCUT2D eigenvalue weighted by Gasteiger charge is 2.44. The number of ether oxygens (including phenoxy) is 1. The standard InChI is InChI=1S/C14H28O/c1-13(2,3)10-15-8-7-11-9-12(11)14(4,5)6/h11-12H,7-10H2,1-6H3/t11-,12+/m0/s1. The van der Waals surface area contributed by atoms with Crippen molar-refractivity contribution in [1.29, 1.82) is 0 Å². The molecule has 0 N–H and O–H groups in total. The first-order valence-electron chi connectivity index (χ1n) is 6.28. The van der Waals surface area contributed by atoms with Crippen molar-refractivity contribution >= 4 is 0 Å². The van der Waals surface area contributed by atoms with E-state index in [1.165, 1.54) is 12.8 Å². The van der Waals surface area contributed by atoms with Gasteiger partial charge in [0, 0.05) is 6.61 Å². The average Bonchev–Trinajstić information content (AvgIpc) is 2.73. The largest absolute Gasteiger partial charge is 0.381 e. The Balaban J connectivity index is 2.05. The van der Waals surface area contributed by atoms with Gasteiger partial charge in [0.05, 0.1) is 6.61 Å². The summed E-state index contributed by atoms with van der Waals surface area (Å²) in [7, 11) is 0. The van der Waals surface area contributed by atoms with E-state index in [9.17, 15) is 0 Å². The summed E-state index contributed by atoms with van der Waals surface area (Å²) < 4.78 is 5.71. The van der Waals surface area contributed by atoms with Gasteiger partial charge in [-0.25, -0.2) is 0 Å². The van der Waals surface area contributed by atoms with E-state index >= 15 is 0 Å². The second-order valence-electron chi connectivity index (χ2n) is 7.37. The zero-order chi connectivity index (χ0) is 11.7. The molecule has 1 rings (SSSR count). The molecule has 15 heavy (non-hydrogen) atoms. The van der Waals surface area contributed by atoms with Crippen molar-refractivity contribution in [2.45, 2.75) is 54.4 Å². The molecule has 1 fully saturated rings. The molecule has 0 unspecified atom stereocenters. The molecule has 0 saturated heterocycles. The van der Waals surface area contributed by atoms with E-state index in [1.807, 2.05) is 0 Å². The molecule has 1 nitrogen and oxygen atoms in total. The van der Waals surface area contributed by atoms with Crippen molar-refractivity contribution in [2.75, 3.05) is 13.2 Å². The monoisotopic (exact) mass is 212 g/mol. The molecule has 0 radical (unpaired) electrons. The minimum absolute atomic E-state index is 0.312. The molecule has 2 atom stereocenters. The van der Waals surface area contributed by atoms with Crippen LogP contribution in [-0.4, -0.2) is 13.2 Å². The molecule has 1 aliphatic rings. The summed E-state index contributed by atoms with van der Waals surface area (Å²) in [4.78, 5) is 0. The van der Waals surface area contributed by atoms with Gasteiger partial charge in [0.2, 0.25) is 0 Å². The molecule has 0 bridgehead atoms. The molecule has 90 valence electrons. The van der Waals surface area contributed by atoms with Crippen LogP contribution in [0.5, 0.6) is 0 Å². The molecule has 0 aromatic carbocycles. The molecule has 0 aromatic rings. The van der Waals surface area contributed by atoms with Gasteiger partial charge < -0.3 is 4.74 Å². The molecule has 0 spiro atoms. The molecule has 0 heterocycles. The van der Waals surface area contributed by atoms with Crippen molar-refractivity contribution in [3.8, 4) is 0 Å². The minimum Gasteiger partial charge on any atom is -0.381 e. The number of hydrogen-bond donors (Lipinski definition) is 0. The predicted molar refractivity (Wildman–Crippen MR) is 65.9 cm³/mol. The normalized spacial score (nSPS) is 26.8. The summed E-state index contributed by atoms with van der Waals surface area (Å²) in [6.45, 7) is 15.6. The lowest BCUT2D eigenvalue weighted by Crippen LogP contribution is -2.15. The van der Waals surface area contributed by atoms with Gasteiger partial charge in [-0.05, 0) is 35.5 Å². The van der Waals surface area contributed by atoms with Gasteiger partial charge in [-0.15, -0.1) is 0 Å². The average molecular weight is 212 g/mol. The van der Waals surface area contributed by atoms with Gasteiger partial charge in [-0.1, -0.05) is 41.5 Å². The third-order valence-electron chi connectivity index (χ3n) is 3.20. The van der Waals surface area contributed by atoms with E-state index in [4.69, 9.17) is 4.74 Å². The summed E-state index contributed by atoms with van der Waals surface area (Å²) in [6.07, 6.45) is 2.68. The van der Waals surface area contributed by atoms with Gasteiger partial charge in [0.15, 0.2) is 0 Å². The lowest BCUT2D eigenvalue weighted by Gasteiger charge is -2.19. The Labute approximate surface area is 95.6 Å².